The highest BCUT2D eigenvalue weighted by atomic mass is 16.5. The topological polar surface area (TPSA) is 9.23 Å². The Morgan fingerprint density at radius 2 is 2.10 bits per heavy atom. The Morgan fingerprint density at radius 3 is 2.70 bits per heavy atom. The smallest absolute Gasteiger partial charge is 0.0503 e. The van der Waals surface area contributed by atoms with Gasteiger partial charge in [-0.15, -0.1) is 0 Å². The summed E-state index contributed by atoms with van der Waals surface area (Å²) in [7, 11) is 0. The second-order valence-electron chi connectivity index (χ2n) is 2.76. The number of rotatable bonds is 2. The van der Waals surface area contributed by atoms with Crippen molar-refractivity contribution in [2.45, 2.75) is 32.6 Å². The standard InChI is InChI=1S/C9H16O/c1-2-3-4-9-5-7-10-8-6-9/h4H,2-3,5-8H2,1H3. The molecule has 0 spiro atoms. The molecule has 1 saturated heterocycles. The molecule has 0 atom stereocenters. The van der Waals surface area contributed by atoms with Crippen molar-refractivity contribution in [1.82, 2.24) is 0 Å². The summed E-state index contributed by atoms with van der Waals surface area (Å²) in [6.07, 6.45) is 7.22. The van der Waals surface area contributed by atoms with Gasteiger partial charge in [0.05, 0.1) is 13.2 Å². The van der Waals surface area contributed by atoms with Gasteiger partial charge in [0, 0.05) is 0 Å². The van der Waals surface area contributed by atoms with Gasteiger partial charge in [0.1, 0.15) is 0 Å². The molecule has 1 rings (SSSR count). The number of hydrogen-bond acceptors (Lipinski definition) is 1. The maximum Gasteiger partial charge on any atom is 0.0503 e. The molecule has 0 aromatic heterocycles. The van der Waals surface area contributed by atoms with E-state index in [0.29, 0.717) is 0 Å². The van der Waals surface area contributed by atoms with Crippen LogP contribution < -0.4 is 0 Å². The molecule has 0 N–H and O–H groups in total. The lowest BCUT2D eigenvalue weighted by atomic mass is 10.1. The van der Waals surface area contributed by atoms with Crippen molar-refractivity contribution in [2.24, 2.45) is 0 Å². The fourth-order valence-electron chi connectivity index (χ4n) is 1.19. The number of allylic oxidation sites excluding steroid dienone is 1. The van der Waals surface area contributed by atoms with Crippen LogP contribution in [0.4, 0.5) is 0 Å². The van der Waals surface area contributed by atoms with E-state index in [0.717, 1.165) is 13.2 Å². The zero-order chi connectivity index (χ0) is 7.23. The van der Waals surface area contributed by atoms with E-state index in [9.17, 15) is 0 Å². The zero-order valence-electron chi connectivity index (χ0n) is 6.73. The van der Waals surface area contributed by atoms with Crippen LogP contribution in [0.3, 0.4) is 0 Å². The van der Waals surface area contributed by atoms with Crippen molar-refractivity contribution < 1.29 is 4.74 Å². The highest BCUT2D eigenvalue weighted by Crippen LogP contribution is 2.13. The molecule has 0 aromatic rings. The minimum atomic E-state index is 0.940. The van der Waals surface area contributed by atoms with E-state index in [1.54, 1.807) is 5.57 Å². The molecule has 0 radical (unpaired) electrons. The van der Waals surface area contributed by atoms with Gasteiger partial charge in [0.2, 0.25) is 0 Å². The molecular weight excluding hydrogens is 124 g/mol. The Labute approximate surface area is 63.1 Å². The first-order valence-electron chi connectivity index (χ1n) is 4.19. The Bertz CT molecular complexity index is 108. The predicted molar refractivity (Wildman–Crippen MR) is 43.0 cm³/mol. The Balaban J connectivity index is 2.23. The number of hydrogen-bond donors (Lipinski definition) is 0. The molecular formula is C9H16O. The van der Waals surface area contributed by atoms with E-state index < -0.39 is 0 Å². The van der Waals surface area contributed by atoms with Crippen molar-refractivity contribution in [3.8, 4) is 0 Å². The lowest BCUT2D eigenvalue weighted by molar-refractivity contribution is 0.119. The van der Waals surface area contributed by atoms with Gasteiger partial charge in [-0.05, 0) is 19.3 Å². The largest absolute Gasteiger partial charge is 0.381 e. The quantitative estimate of drug-likeness (QED) is 0.535. The second kappa shape index (κ2) is 4.51. The molecule has 0 saturated carbocycles. The minimum Gasteiger partial charge on any atom is -0.381 e. The molecule has 0 unspecified atom stereocenters. The lowest BCUT2D eigenvalue weighted by Gasteiger charge is -2.14. The van der Waals surface area contributed by atoms with Crippen molar-refractivity contribution >= 4 is 0 Å². The predicted octanol–water partition coefficient (Wildman–Crippen LogP) is 2.52. The Kier molecular flexibility index (Phi) is 3.52. The Hall–Kier alpha value is -0.300. The second-order valence-corrected chi connectivity index (χ2v) is 2.76. The van der Waals surface area contributed by atoms with Crippen LogP contribution in [-0.2, 0) is 4.74 Å². The third-order valence-corrected chi connectivity index (χ3v) is 1.86. The van der Waals surface area contributed by atoms with Crippen molar-refractivity contribution in [1.29, 1.82) is 0 Å². The van der Waals surface area contributed by atoms with E-state index in [1.165, 1.54) is 25.7 Å². The van der Waals surface area contributed by atoms with Gasteiger partial charge in [-0.2, -0.15) is 0 Å². The molecule has 1 fully saturated rings. The molecule has 58 valence electrons. The lowest BCUT2D eigenvalue weighted by Crippen LogP contribution is -2.06. The van der Waals surface area contributed by atoms with E-state index in [4.69, 9.17) is 4.74 Å². The maximum atomic E-state index is 5.24. The maximum absolute atomic E-state index is 5.24. The fourth-order valence-corrected chi connectivity index (χ4v) is 1.19. The van der Waals surface area contributed by atoms with Crippen molar-refractivity contribution in [3.63, 3.8) is 0 Å². The molecule has 1 aliphatic rings. The first-order chi connectivity index (χ1) is 4.93. The van der Waals surface area contributed by atoms with Gasteiger partial charge < -0.3 is 4.74 Å². The van der Waals surface area contributed by atoms with Gasteiger partial charge in [-0.1, -0.05) is 25.0 Å². The highest BCUT2D eigenvalue weighted by Gasteiger charge is 2.03. The summed E-state index contributed by atoms with van der Waals surface area (Å²) in [5, 5.41) is 0. The van der Waals surface area contributed by atoms with E-state index in [-0.39, 0.29) is 0 Å². The van der Waals surface area contributed by atoms with Crippen LogP contribution >= 0.6 is 0 Å². The van der Waals surface area contributed by atoms with Crippen molar-refractivity contribution in [3.05, 3.63) is 11.6 Å². The van der Waals surface area contributed by atoms with Crippen LogP contribution in [0, 0.1) is 0 Å². The van der Waals surface area contributed by atoms with Gasteiger partial charge >= 0.3 is 0 Å². The van der Waals surface area contributed by atoms with Crippen LogP contribution in [0.25, 0.3) is 0 Å². The summed E-state index contributed by atoms with van der Waals surface area (Å²) in [4.78, 5) is 0. The molecule has 0 bridgehead atoms. The third-order valence-electron chi connectivity index (χ3n) is 1.86. The third kappa shape index (κ3) is 2.53. The molecule has 1 aliphatic heterocycles. The first kappa shape index (κ1) is 7.80. The summed E-state index contributed by atoms with van der Waals surface area (Å²) in [5.74, 6) is 0. The molecule has 10 heavy (non-hydrogen) atoms. The molecule has 0 aromatic carbocycles. The molecule has 1 heterocycles. The average Bonchev–Trinajstić information content (AvgIpc) is 2.03. The summed E-state index contributed by atoms with van der Waals surface area (Å²) < 4.78 is 5.24. The molecule has 1 nitrogen and oxygen atoms in total. The van der Waals surface area contributed by atoms with Crippen molar-refractivity contribution in [2.75, 3.05) is 13.2 Å². The van der Waals surface area contributed by atoms with Gasteiger partial charge in [-0.25, -0.2) is 0 Å². The van der Waals surface area contributed by atoms with Crippen LogP contribution in [0.2, 0.25) is 0 Å². The van der Waals surface area contributed by atoms with Crippen LogP contribution in [0.5, 0.6) is 0 Å². The van der Waals surface area contributed by atoms with E-state index >= 15 is 0 Å². The summed E-state index contributed by atoms with van der Waals surface area (Å²) in [6.45, 7) is 4.10. The zero-order valence-corrected chi connectivity index (χ0v) is 6.73. The normalized spacial score (nSPS) is 19.1. The number of unbranched alkanes of at least 4 members (excludes halogenated alkanes) is 1. The fraction of sp³-hybridized carbons (Fsp3) is 0.778. The average molecular weight is 140 g/mol. The summed E-state index contributed by atoms with van der Waals surface area (Å²) in [5.41, 5.74) is 1.60. The van der Waals surface area contributed by atoms with E-state index in [2.05, 4.69) is 13.0 Å². The Morgan fingerprint density at radius 1 is 1.40 bits per heavy atom. The highest BCUT2D eigenvalue weighted by molar-refractivity contribution is 5.03. The molecule has 0 amide bonds. The van der Waals surface area contributed by atoms with Crippen LogP contribution in [0.1, 0.15) is 32.6 Å². The molecule has 1 heteroatoms. The van der Waals surface area contributed by atoms with Gasteiger partial charge in [0.15, 0.2) is 0 Å². The monoisotopic (exact) mass is 140 g/mol. The van der Waals surface area contributed by atoms with Crippen LogP contribution in [0.15, 0.2) is 11.6 Å². The van der Waals surface area contributed by atoms with Gasteiger partial charge in [-0.3, -0.25) is 0 Å². The minimum absolute atomic E-state index is 0.940. The van der Waals surface area contributed by atoms with Gasteiger partial charge in [0.25, 0.3) is 0 Å². The molecule has 0 aliphatic carbocycles. The first-order valence-corrected chi connectivity index (χ1v) is 4.19. The summed E-state index contributed by atoms with van der Waals surface area (Å²) >= 11 is 0. The van der Waals surface area contributed by atoms with E-state index in [1.807, 2.05) is 0 Å². The summed E-state index contributed by atoms with van der Waals surface area (Å²) in [6, 6.07) is 0. The van der Waals surface area contributed by atoms with Crippen LogP contribution in [-0.4, -0.2) is 13.2 Å². The number of ether oxygens (including phenoxy) is 1. The SMILES string of the molecule is CCCC=C1CCOCC1.